The number of amides is 1. The molecule has 0 bridgehead atoms. The van der Waals surface area contributed by atoms with Gasteiger partial charge in [0.25, 0.3) is 0 Å². The Morgan fingerprint density at radius 1 is 1.07 bits per heavy atom. The van der Waals surface area contributed by atoms with Gasteiger partial charge in [-0.1, -0.05) is 18.2 Å². The van der Waals surface area contributed by atoms with Crippen molar-refractivity contribution in [3.63, 3.8) is 0 Å². The number of H-pyrrole nitrogens is 2. The first-order valence-corrected chi connectivity index (χ1v) is 9.15. The van der Waals surface area contributed by atoms with E-state index in [0.717, 1.165) is 27.8 Å². The maximum Gasteiger partial charge on any atom is 0.224 e. The molecular formula is C22H18N4O2. The lowest BCUT2D eigenvalue weighted by Crippen LogP contribution is -2.12. The molecule has 5 rings (SSSR count). The lowest BCUT2D eigenvalue weighted by Gasteiger charge is -2.05. The molecule has 28 heavy (non-hydrogen) atoms. The maximum atomic E-state index is 12.4. The van der Waals surface area contributed by atoms with Gasteiger partial charge < -0.3 is 19.7 Å². The number of nitrogens with one attached hydrogen (secondary N) is 3. The minimum absolute atomic E-state index is 0.0181. The molecule has 0 saturated heterocycles. The summed E-state index contributed by atoms with van der Waals surface area (Å²) in [5, 5.41) is 4.13. The van der Waals surface area contributed by atoms with Crippen LogP contribution in [0.2, 0.25) is 0 Å². The van der Waals surface area contributed by atoms with E-state index >= 15 is 0 Å². The zero-order chi connectivity index (χ0) is 18.9. The number of para-hydroxylation sites is 1. The topological polar surface area (TPSA) is 86.7 Å². The highest BCUT2D eigenvalue weighted by atomic mass is 16.3. The summed E-state index contributed by atoms with van der Waals surface area (Å²) in [4.78, 5) is 23.4. The first-order chi connectivity index (χ1) is 13.8. The van der Waals surface area contributed by atoms with Gasteiger partial charge >= 0.3 is 0 Å². The number of carbonyl (C=O) groups is 1. The number of anilines is 1. The first-order valence-electron chi connectivity index (χ1n) is 9.15. The highest BCUT2D eigenvalue weighted by Crippen LogP contribution is 2.23. The van der Waals surface area contributed by atoms with Crippen LogP contribution >= 0.6 is 0 Å². The van der Waals surface area contributed by atoms with Gasteiger partial charge in [0, 0.05) is 29.2 Å². The monoisotopic (exact) mass is 370 g/mol. The van der Waals surface area contributed by atoms with Crippen LogP contribution in [0.4, 0.5) is 5.69 Å². The first kappa shape index (κ1) is 16.4. The molecule has 0 saturated carbocycles. The highest BCUT2D eigenvalue weighted by Gasteiger charge is 2.10. The Labute approximate surface area is 160 Å². The summed E-state index contributed by atoms with van der Waals surface area (Å²) in [5.41, 5.74) is 4.66. The second kappa shape index (κ2) is 6.74. The standard InChI is InChI=1S/C22H18N4O2/c27-21(10-7-14-13-23-17-5-2-1-4-16(14)17)24-15-8-9-18-19(12-15)26-22(25-18)20-6-3-11-28-20/h1-6,8-9,11-13,23H,7,10H2,(H,24,27)(H,25,26). The second-order valence-corrected chi connectivity index (χ2v) is 6.70. The van der Waals surface area contributed by atoms with Crippen molar-refractivity contribution in [1.82, 2.24) is 15.0 Å². The van der Waals surface area contributed by atoms with Crippen LogP contribution in [-0.4, -0.2) is 20.9 Å². The fourth-order valence-corrected chi connectivity index (χ4v) is 3.43. The number of fused-ring (bicyclic) bond motifs is 2. The predicted molar refractivity (Wildman–Crippen MR) is 109 cm³/mol. The van der Waals surface area contributed by atoms with Gasteiger partial charge in [0.15, 0.2) is 11.6 Å². The highest BCUT2D eigenvalue weighted by molar-refractivity contribution is 5.94. The van der Waals surface area contributed by atoms with Crippen molar-refractivity contribution in [1.29, 1.82) is 0 Å². The van der Waals surface area contributed by atoms with Crippen LogP contribution < -0.4 is 5.32 Å². The molecule has 6 nitrogen and oxygen atoms in total. The van der Waals surface area contributed by atoms with Crippen molar-refractivity contribution < 1.29 is 9.21 Å². The van der Waals surface area contributed by atoms with Gasteiger partial charge in [0.2, 0.25) is 5.91 Å². The summed E-state index contributed by atoms with van der Waals surface area (Å²) < 4.78 is 5.38. The fraction of sp³-hybridized carbons (Fsp3) is 0.0909. The predicted octanol–water partition coefficient (Wildman–Crippen LogP) is 4.88. The van der Waals surface area contributed by atoms with E-state index in [4.69, 9.17) is 4.42 Å². The third-order valence-corrected chi connectivity index (χ3v) is 4.82. The molecule has 0 radical (unpaired) electrons. The molecule has 1 amide bonds. The molecule has 3 aromatic heterocycles. The van der Waals surface area contributed by atoms with Crippen LogP contribution in [0.25, 0.3) is 33.5 Å². The van der Waals surface area contributed by atoms with Crippen molar-refractivity contribution in [2.75, 3.05) is 5.32 Å². The molecule has 0 fully saturated rings. The molecule has 0 aliphatic heterocycles. The largest absolute Gasteiger partial charge is 0.461 e. The molecular weight excluding hydrogens is 352 g/mol. The number of aryl methyl sites for hydroxylation is 1. The Balaban J connectivity index is 1.28. The molecule has 0 unspecified atom stereocenters. The Morgan fingerprint density at radius 3 is 2.89 bits per heavy atom. The average molecular weight is 370 g/mol. The van der Waals surface area contributed by atoms with Crippen molar-refractivity contribution >= 4 is 33.5 Å². The molecule has 3 heterocycles. The van der Waals surface area contributed by atoms with E-state index in [9.17, 15) is 4.79 Å². The van der Waals surface area contributed by atoms with E-state index in [1.807, 2.05) is 54.7 Å². The van der Waals surface area contributed by atoms with E-state index in [1.54, 1.807) is 6.26 Å². The quantitative estimate of drug-likeness (QED) is 0.412. The van der Waals surface area contributed by atoms with Gasteiger partial charge in [0.05, 0.1) is 17.3 Å². The zero-order valence-corrected chi connectivity index (χ0v) is 15.0. The third-order valence-electron chi connectivity index (χ3n) is 4.82. The molecule has 0 aliphatic rings. The van der Waals surface area contributed by atoms with E-state index in [-0.39, 0.29) is 5.91 Å². The fourth-order valence-electron chi connectivity index (χ4n) is 3.43. The summed E-state index contributed by atoms with van der Waals surface area (Å²) in [6.07, 6.45) is 4.69. The van der Waals surface area contributed by atoms with Gasteiger partial charge in [-0.3, -0.25) is 4.79 Å². The third kappa shape index (κ3) is 3.05. The van der Waals surface area contributed by atoms with E-state index in [0.29, 0.717) is 24.4 Å². The number of furan rings is 1. The summed E-state index contributed by atoms with van der Waals surface area (Å²) in [7, 11) is 0. The number of aromatic nitrogens is 3. The maximum absolute atomic E-state index is 12.4. The SMILES string of the molecule is O=C(CCc1c[nH]c2ccccc12)Nc1ccc2nc(-c3ccco3)[nH]c2c1. The van der Waals surface area contributed by atoms with Crippen molar-refractivity contribution in [3.8, 4) is 11.6 Å². The number of imidazole rings is 1. The van der Waals surface area contributed by atoms with Gasteiger partial charge in [-0.15, -0.1) is 0 Å². The van der Waals surface area contributed by atoms with Gasteiger partial charge in [-0.2, -0.15) is 0 Å². The smallest absolute Gasteiger partial charge is 0.224 e. The van der Waals surface area contributed by atoms with Crippen LogP contribution in [-0.2, 0) is 11.2 Å². The molecule has 0 atom stereocenters. The molecule has 2 aromatic carbocycles. The number of rotatable bonds is 5. The number of hydrogen-bond acceptors (Lipinski definition) is 3. The lowest BCUT2D eigenvalue weighted by atomic mass is 10.1. The Kier molecular flexibility index (Phi) is 3.94. The normalized spacial score (nSPS) is 11.3. The van der Waals surface area contributed by atoms with Crippen molar-refractivity contribution in [2.24, 2.45) is 0 Å². The molecule has 6 heteroatoms. The van der Waals surface area contributed by atoms with Crippen LogP contribution in [0.3, 0.4) is 0 Å². The molecule has 0 spiro atoms. The Hall–Kier alpha value is -3.80. The summed E-state index contributed by atoms with van der Waals surface area (Å²) >= 11 is 0. The molecule has 138 valence electrons. The lowest BCUT2D eigenvalue weighted by molar-refractivity contribution is -0.116. The molecule has 0 aliphatic carbocycles. The molecule has 5 aromatic rings. The number of aromatic amines is 2. The second-order valence-electron chi connectivity index (χ2n) is 6.70. The van der Waals surface area contributed by atoms with E-state index in [2.05, 4.69) is 26.3 Å². The van der Waals surface area contributed by atoms with Gasteiger partial charge in [0.1, 0.15) is 0 Å². The minimum atomic E-state index is -0.0181. The Morgan fingerprint density at radius 2 is 2.00 bits per heavy atom. The van der Waals surface area contributed by atoms with Crippen molar-refractivity contribution in [3.05, 3.63) is 72.6 Å². The summed E-state index contributed by atoms with van der Waals surface area (Å²) in [5.74, 6) is 1.33. The summed E-state index contributed by atoms with van der Waals surface area (Å²) in [6, 6.07) is 17.4. The van der Waals surface area contributed by atoms with Gasteiger partial charge in [-0.05, 0) is 48.4 Å². The van der Waals surface area contributed by atoms with Crippen LogP contribution in [0.1, 0.15) is 12.0 Å². The number of benzene rings is 2. The van der Waals surface area contributed by atoms with Crippen molar-refractivity contribution in [2.45, 2.75) is 12.8 Å². The number of hydrogen-bond donors (Lipinski definition) is 3. The molecule has 3 N–H and O–H groups in total. The zero-order valence-electron chi connectivity index (χ0n) is 15.0. The van der Waals surface area contributed by atoms with Gasteiger partial charge in [-0.25, -0.2) is 4.98 Å². The van der Waals surface area contributed by atoms with Crippen LogP contribution in [0.15, 0.2) is 71.5 Å². The number of nitrogens with zero attached hydrogens (tertiary/aromatic N) is 1. The van der Waals surface area contributed by atoms with E-state index < -0.39 is 0 Å². The van der Waals surface area contributed by atoms with E-state index in [1.165, 1.54) is 5.39 Å². The minimum Gasteiger partial charge on any atom is -0.461 e. The van der Waals surface area contributed by atoms with Crippen LogP contribution in [0.5, 0.6) is 0 Å². The average Bonchev–Trinajstić information content (AvgIpc) is 3.44. The Bertz CT molecular complexity index is 1260. The van der Waals surface area contributed by atoms with Crippen LogP contribution in [0, 0.1) is 0 Å². The summed E-state index contributed by atoms with van der Waals surface area (Å²) in [6.45, 7) is 0. The number of carbonyl (C=O) groups excluding carboxylic acids is 1.